The van der Waals surface area contributed by atoms with Crippen LogP contribution in [-0.4, -0.2) is 40.1 Å². The summed E-state index contributed by atoms with van der Waals surface area (Å²) in [6, 6.07) is 4.64. The van der Waals surface area contributed by atoms with Crippen molar-refractivity contribution in [2.75, 3.05) is 25.7 Å². The highest BCUT2D eigenvalue weighted by Gasteiger charge is 2.10. The number of sulfone groups is 1. The third-order valence-corrected chi connectivity index (χ3v) is 3.40. The number of nitrogens with two attached hydrogens (primary N) is 1. The van der Waals surface area contributed by atoms with Crippen molar-refractivity contribution < 1.29 is 22.7 Å². The Morgan fingerprint density at radius 2 is 2.05 bits per heavy atom. The van der Waals surface area contributed by atoms with Gasteiger partial charge in [-0.25, -0.2) is 8.42 Å². The summed E-state index contributed by atoms with van der Waals surface area (Å²) in [6.45, 7) is 0.270. The maximum absolute atomic E-state index is 11.1. The third-order valence-electron chi connectivity index (χ3n) is 2.37. The maximum Gasteiger partial charge on any atom is 0.252 e. The van der Waals surface area contributed by atoms with Gasteiger partial charge in [0.15, 0.2) is 0 Å². The Kier molecular flexibility index (Phi) is 5.17. The maximum atomic E-state index is 11.1. The summed E-state index contributed by atoms with van der Waals surface area (Å²) < 4.78 is 32.3. The first-order chi connectivity index (χ1) is 8.83. The average molecular weight is 287 g/mol. The minimum atomic E-state index is -2.98. The van der Waals surface area contributed by atoms with Gasteiger partial charge in [-0.2, -0.15) is 0 Å². The first-order valence-electron chi connectivity index (χ1n) is 5.62. The van der Waals surface area contributed by atoms with Gasteiger partial charge in [0.1, 0.15) is 21.3 Å². The third kappa shape index (κ3) is 5.17. The number of hydrogen-bond acceptors (Lipinski definition) is 5. The molecule has 0 aliphatic heterocycles. The largest absolute Gasteiger partial charge is 0.496 e. The van der Waals surface area contributed by atoms with E-state index in [1.54, 1.807) is 12.1 Å². The number of carbonyl (C=O) groups is 1. The van der Waals surface area contributed by atoms with Gasteiger partial charge in [0, 0.05) is 12.3 Å². The van der Waals surface area contributed by atoms with E-state index >= 15 is 0 Å². The molecule has 0 aromatic heterocycles. The Hall–Kier alpha value is -1.76. The van der Waals surface area contributed by atoms with Gasteiger partial charge in [-0.15, -0.1) is 0 Å². The minimum Gasteiger partial charge on any atom is -0.496 e. The first-order valence-corrected chi connectivity index (χ1v) is 7.68. The van der Waals surface area contributed by atoms with E-state index in [-0.39, 0.29) is 17.9 Å². The summed E-state index contributed by atoms with van der Waals surface area (Å²) in [5.41, 5.74) is 5.45. The smallest absolute Gasteiger partial charge is 0.252 e. The standard InChI is InChI=1S/C12H17NO5S/c1-17-11-8-9(4-5-10(11)12(13)14)18-6-3-7-19(2,15)16/h4-5,8H,3,6-7H2,1-2H3,(H2,13,14). The van der Waals surface area contributed by atoms with E-state index < -0.39 is 15.7 Å². The Morgan fingerprint density at radius 3 is 2.58 bits per heavy atom. The first kappa shape index (κ1) is 15.3. The van der Waals surface area contributed by atoms with Gasteiger partial charge >= 0.3 is 0 Å². The molecule has 0 atom stereocenters. The van der Waals surface area contributed by atoms with Crippen molar-refractivity contribution in [1.29, 1.82) is 0 Å². The summed E-state index contributed by atoms with van der Waals surface area (Å²) in [7, 11) is -1.55. The topological polar surface area (TPSA) is 95.7 Å². The summed E-state index contributed by atoms with van der Waals surface area (Å²) in [6.07, 6.45) is 1.58. The molecule has 7 heteroatoms. The van der Waals surface area contributed by atoms with Crippen LogP contribution in [0.2, 0.25) is 0 Å². The summed E-state index contributed by atoms with van der Waals surface area (Å²) in [5.74, 6) is 0.313. The van der Waals surface area contributed by atoms with Gasteiger partial charge < -0.3 is 15.2 Å². The van der Waals surface area contributed by atoms with E-state index in [4.69, 9.17) is 15.2 Å². The summed E-state index contributed by atoms with van der Waals surface area (Å²) >= 11 is 0. The number of ether oxygens (including phenoxy) is 2. The molecule has 0 aliphatic rings. The van der Waals surface area contributed by atoms with Gasteiger partial charge in [0.25, 0.3) is 5.91 Å². The van der Waals surface area contributed by atoms with Gasteiger partial charge in [0.05, 0.1) is 25.0 Å². The normalized spacial score (nSPS) is 11.1. The summed E-state index contributed by atoms with van der Waals surface area (Å²) in [4.78, 5) is 11.1. The lowest BCUT2D eigenvalue weighted by atomic mass is 10.2. The molecule has 0 unspecified atom stereocenters. The molecule has 0 saturated heterocycles. The number of primary amides is 1. The zero-order chi connectivity index (χ0) is 14.5. The Labute approximate surface area is 112 Å². The molecule has 0 spiro atoms. The Balaban J connectivity index is 2.63. The fourth-order valence-electron chi connectivity index (χ4n) is 1.48. The van der Waals surface area contributed by atoms with Gasteiger partial charge in [-0.05, 0) is 18.6 Å². The molecule has 19 heavy (non-hydrogen) atoms. The molecule has 1 aromatic carbocycles. The SMILES string of the molecule is COc1cc(OCCCS(C)(=O)=O)ccc1C(N)=O. The van der Waals surface area contributed by atoms with Crippen LogP contribution in [0, 0.1) is 0 Å². The van der Waals surface area contributed by atoms with Gasteiger partial charge in [-0.1, -0.05) is 0 Å². The predicted molar refractivity (Wildman–Crippen MR) is 71.3 cm³/mol. The van der Waals surface area contributed by atoms with Crippen molar-refractivity contribution in [2.24, 2.45) is 5.73 Å². The van der Waals surface area contributed by atoms with E-state index in [9.17, 15) is 13.2 Å². The monoisotopic (exact) mass is 287 g/mol. The molecular weight excluding hydrogens is 270 g/mol. The average Bonchev–Trinajstić information content (AvgIpc) is 2.33. The fourth-order valence-corrected chi connectivity index (χ4v) is 2.12. The van der Waals surface area contributed by atoms with Crippen molar-refractivity contribution in [3.05, 3.63) is 23.8 Å². The second-order valence-corrected chi connectivity index (χ2v) is 6.32. The number of benzene rings is 1. The zero-order valence-electron chi connectivity index (χ0n) is 10.9. The quantitative estimate of drug-likeness (QED) is 0.741. The van der Waals surface area contributed by atoms with Gasteiger partial charge in [0.2, 0.25) is 0 Å². The van der Waals surface area contributed by atoms with Crippen LogP contribution in [0.15, 0.2) is 18.2 Å². The van der Waals surface area contributed by atoms with Crippen LogP contribution < -0.4 is 15.2 Å². The van der Waals surface area contributed by atoms with Crippen molar-refractivity contribution in [2.45, 2.75) is 6.42 Å². The number of rotatable bonds is 7. The lowest BCUT2D eigenvalue weighted by Crippen LogP contribution is -2.12. The zero-order valence-corrected chi connectivity index (χ0v) is 11.7. The molecule has 0 bridgehead atoms. The molecule has 0 radical (unpaired) electrons. The molecule has 1 amide bonds. The van der Waals surface area contributed by atoms with Crippen molar-refractivity contribution >= 4 is 15.7 Å². The lowest BCUT2D eigenvalue weighted by molar-refractivity contribution is 0.0997. The Bertz CT molecular complexity index is 553. The van der Waals surface area contributed by atoms with Crippen LogP contribution in [0.3, 0.4) is 0 Å². The molecule has 0 heterocycles. The lowest BCUT2D eigenvalue weighted by Gasteiger charge is -2.09. The van der Waals surface area contributed by atoms with Crippen molar-refractivity contribution in [3.8, 4) is 11.5 Å². The molecule has 1 aromatic rings. The highest BCUT2D eigenvalue weighted by molar-refractivity contribution is 7.90. The molecular formula is C12H17NO5S. The van der Waals surface area contributed by atoms with E-state index in [0.29, 0.717) is 17.9 Å². The van der Waals surface area contributed by atoms with E-state index in [1.165, 1.54) is 19.4 Å². The molecule has 1 rings (SSSR count). The minimum absolute atomic E-state index is 0.0729. The van der Waals surface area contributed by atoms with Crippen molar-refractivity contribution in [3.63, 3.8) is 0 Å². The Morgan fingerprint density at radius 1 is 1.37 bits per heavy atom. The fraction of sp³-hybridized carbons (Fsp3) is 0.417. The molecule has 0 aliphatic carbocycles. The number of amides is 1. The second-order valence-electron chi connectivity index (χ2n) is 4.06. The predicted octanol–water partition coefficient (Wildman–Crippen LogP) is 0.608. The number of carbonyl (C=O) groups excluding carboxylic acids is 1. The van der Waals surface area contributed by atoms with Crippen molar-refractivity contribution in [1.82, 2.24) is 0 Å². The second kappa shape index (κ2) is 6.42. The molecule has 106 valence electrons. The van der Waals surface area contributed by atoms with Crippen LogP contribution >= 0.6 is 0 Å². The van der Waals surface area contributed by atoms with Gasteiger partial charge in [-0.3, -0.25) is 4.79 Å². The molecule has 2 N–H and O–H groups in total. The van der Waals surface area contributed by atoms with E-state index in [1.807, 2.05) is 0 Å². The molecule has 0 saturated carbocycles. The highest BCUT2D eigenvalue weighted by atomic mass is 32.2. The molecule has 0 fully saturated rings. The van der Waals surface area contributed by atoms with Crippen LogP contribution in [0.4, 0.5) is 0 Å². The van der Waals surface area contributed by atoms with Crippen LogP contribution in [0.1, 0.15) is 16.8 Å². The van der Waals surface area contributed by atoms with E-state index in [0.717, 1.165) is 0 Å². The van der Waals surface area contributed by atoms with Crippen LogP contribution in [-0.2, 0) is 9.84 Å². The number of hydrogen-bond donors (Lipinski definition) is 1. The van der Waals surface area contributed by atoms with E-state index in [2.05, 4.69) is 0 Å². The summed E-state index contributed by atoms with van der Waals surface area (Å²) in [5, 5.41) is 0. The number of methoxy groups -OCH3 is 1. The molecule has 6 nitrogen and oxygen atoms in total. The van der Waals surface area contributed by atoms with Crippen LogP contribution in [0.25, 0.3) is 0 Å². The van der Waals surface area contributed by atoms with Crippen LogP contribution in [0.5, 0.6) is 11.5 Å². The highest BCUT2D eigenvalue weighted by Crippen LogP contribution is 2.24.